The van der Waals surface area contributed by atoms with Gasteiger partial charge in [0.25, 0.3) is 0 Å². The van der Waals surface area contributed by atoms with Crippen molar-refractivity contribution in [3.05, 3.63) is 36.4 Å². The first-order chi connectivity index (χ1) is 9.11. The maximum atomic E-state index is 5.64. The smallest absolute Gasteiger partial charge is 0.223 e. The van der Waals surface area contributed by atoms with Gasteiger partial charge in [-0.3, -0.25) is 0 Å². The Hall–Kier alpha value is -2.76. The lowest BCUT2D eigenvalue weighted by Gasteiger charge is -2.07. The van der Waals surface area contributed by atoms with Crippen molar-refractivity contribution >= 4 is 28.4 Å². The number of rotatable bonds is 2. The molecule has 6 heteroatoms. The third-order valence-electron chi connectivity index (χ3n) is 2.56. The van der Waals surface area contributed by atoms with Crippen LogP contribution in [0.15, 0.2) is 46.4 Å². The van der Waals surface area contributed by atoms with Gasteiger partial charge in [0.05, 0.1) is 12.8 Å². The fourth-order valence-corrected chi connectivity index (χ4v) is 1.82. The van der Waals surface area contributed by atoms with Gasteiger partial charge in [0.15, 0.2) is 5.96 Å². The molecule has 0 aliphatic carbocycles. The molecule has 0 spiro atoms. The van der Waals surface area contributed by atoms with E-state index < -0.39 is 0 Å². The number of nitrogens with two attached hydrogens (primary N) is 3. The second kappa shape index (κ2) is 5.26. The summed E-state index contributed by atoms with van der Waals surface area (Å²) in [5.74, 6) is 0.657. The molecule has 0 saturated carbocycles. The van der Waals surface area contributed by atoms with Crippen molar-refractivity contribution in [1.82, 2.24) is 0 Å². The van der Waals surface area contributed by atoms with E-state index in [0.717, 1.165) is 16.5 Å². The second-order valence-electron chi connectivity index (χ2n) is 3.84. The summed E-state index contributed by atoms with van der Waals surface area (Å²) in [6.45, 7) is 0. The van der Waals surface area contributed by atoms with Gasteiger partial charge in [-0.05, 0) is 12.1 Å². The predicted molar refractivity (Wildman–Crippen MR) is 77.6 cm³/mol. The molecule has 6 nitrogen and oxygen atoms in total. The lowest BCUT2D eigenvalue weighted by molar-refractivity contribution is 0.420. The van der Waals surface area contributed by atoms with Gasteiger partial charge in [-0.2, -0.15) is 4.99 Å². The average molecular weight is 257 g/mol. The summed E-state index contributed by atoms with van der Waals surface area (Å²) >= 11 is 0. The monoisotopic (exact) mass is 257 g/mol. The normalized spacial score (nSPS) is 11.3. The Morgan fingerprint density at radius 2 is 1.68 bits per heavy atom. The standard InChI is InChI=1S/C13H15N5O/c1-19-11-7-3-4-8-9(11)5-2-6-10(8)17-13(16)18-12(14)15/h2-7H,1H3,(H6,14,15,16,17,18). The molecule has 0 aliphatic heterocycles. The van der Waals surface area contributed by atoms with Crippen LogP contribution in [0, 0.1) is 0 Å². The average Bonchev–Trinajstić information content (AvgIpc) is 2.37. The first kappa shape index (κ1) is 12.7. The second-order valence-corrected chi connectivity index (χ2v) is 3.84. The molecular weight excluding hydrogens is 242 g/mol. The van der Waals surface area contributed by atoms with Gasteiger partial charge in [0.1, 0.15) is 5.75 Å². The van der Waals surface area contributed by atoms with Gasteiger partial charge in [0.2, 0.25) is 5.96 Å². The fraction of sp³-hybridized carbons (Fsp3) is 0.0769. The molecule has 0 radical (unpaired) electrons. The number of hydrogen-bond donors (Lipinski definition) is 3. The van der Waals surface area contributed by atoms with Crippen molar-refractivity contribution in [3.8, 4) is 5.75 Å². The molecule has 19 heavy (non-hydrogen) atoms. The molecule has 0 aromatic heterocycles. The Kier molecular flexibility index (Phi) is 3.51. The van der Waals surface area contributed by atoms with E-state index in [1.165, 1.54) is 0 Å². The van der Waals surface area contributed by atoms with E-state index in [4.69, 9.17) is 21.9 Å². The summed E-state index contributed by atoms with van der Waals surface area (Å²) in [4.78, 5) is 7.88. The lowest BCUT2D eigenvalue weighted by atomic mass is 10.1. The van der Waals surface area contributed by atoms with Crippen molar-refractivity contribution in [3.63, 3.8) is 0 Å². The molecule has 2 rings (SSSR count). The predicted octanol–water partition coefficient (Wildman–Crippen LogP) is 1.07. The molecule has 0 aliphatic rings. The largest absolute Gasteiger partial charge is 0.496 e. The minimum absolute atomic E-state index is 0.00956. The molecule has 0 unspecified atom stereocenters. The third kappa shape index (κ3) is 2.74. The highest BCUT2D eigenvalue weighted by molar-refractivity contribution is 6.00. The van der Waals surface area contributed by atoms with Crippen LogP contribution in [0.1, 0.15) is 0 Å². The highest BCUT2D eigenvalue weighted by Gasteiger charge is 2.04. The third-order valence-corrected chi connectivity index (χ3v) is 2.56. The summed E-state index contributed by atoms with van der Waals surface area (Å²) < 4.78 is 5.30. The van der Waals surface area contributed by atoms with Crippen LogP contribution in [0.5, 0.6) is 5.75 Å². The van der Waals surface area contributed by atoms with E-state index in [0.29, 0.717) is 5.69 Å². The molecule has 6 N–H and O–H groups in total. The number of guanidine groups is 2. The van der Waals surface area contributed by atoms with Gasteiger partial charge < -0.3 is 21.9 Å². The van der Waals surface area contributed by atoms with Crippen molar-refractivity contribution < 1.29 is 4.74 Å². The Balaban J connectivity index is 2.59. The number of aliphatic imine (C=N–C) groups is 2. The number of methoxy groups -OCH3 is 1. The number of fused-ring (bicyclic) bond motifs is 1. The lowest BCUT2D eigenvalue weighted by Crippen LogP contribution is -2.26. The van der Waals surface area contributed by atoms with Gasteiger partial charge in [-0.15, -0.1) is 0 Å². The molecule has 0 bridgehead atoms. The fourth-order valence-electron chi connectivity index (χ4n) is 1.82. The zero-order valence-corrected chi connectivity index (χ0v) is 10.5. The van der Waals surface area contributed by atoms with Gasteiger partial charge in [0, 0.05) is 10.8 Å². The number of ether oxygens (including phenoxy) is 1. The van der Waals surface area contributed by atoms with Crippen LogP contribution < -0.4 is 21.9 Å². The Morgan fingerprint density at radius 1 is 1.00 bits per heavy atom. The van der Waals surface area contributed by atoms with Crippen LogP contribution in [0.2, 0.25) is 0 Å². The first-order valence-corrected chi connectivity index (χ1v) is 5.61. The molecule has 98 valence electrons. The SMILES string of the molecule is COc1cccc2c(N=C(N)N=C(N)N)cccc12. The minimum atomic E-state index is -0.126. The van der Waals surface area contributed by atoms with Crippen molar-refractivity contribution in [2.45, 2.75) is 0 Å². The quantitative estimate of drug-likeness (QED) is 0.551. The zero-order chi connectivity index (χ0) is 13.8. The van der Waals surface area contributed by atoms with E-state index in [1.807, 2.05) is 36.4 Å². The van der Waals surface area contributed by atoms with Crippen molar-refractivity contribution in [2.75, 3.05) is 7.11 Å². The molecular formula is C13H15N5O. The molecule has 0 fully saturated rings. The summed E-state index contributed by atoms with van der Waals surface area (Å²) in [6, 6.07) is 11.3. The molecule has 0 atom stereocenters. The van der Waals surface area contributed by atoms with E-state index in [9.17, 15) is 0 Å². The van der Waals surface area contributed by atoms with Crippen molar-refractivity contribution in [1.29, 1.82) is 0 Å². The van der Waals surface area contributed by atoms with E-state index >= 15 is 0 Å². The number of nitrogens with zero attached hydrogens (tertiary/aromatic N) is 2. The zero-order valence-electron chi connectivity index (χ0n) is 10.5. The maximum absolute atomic E-state index is 5.64. The Bertz CT molecular complexity index is 659. The topological polar surface area (TPSA) is 112 Å². The van der Waals surface area contributed by atoms with Gasteiger partial charge >= 0.3 is 0 Å². The summed E-state index contributed by atoms with van der Waals surface area (Å²) in [5, 5.41) is 1.86. The highest BCUT2D eigenvalue weighted by atomic mass is 16.5. The van der Waals surface area contributed by atoms with Crippen molar-refractivity contribution in [2.24, 2.45) is 27.2 Å². The molecule has 0 heterocycles. The van der Waals surface area contributed by atoms with Crippen LogP contribution in [0.3, 0.4) is 0 Å². The summed E-state index contributed by atoms with van der Waals surface area (Å²) in [5.41, 5.74) is 16.8. The minimum Gasteiger partial charge on any atom is -0.496 e. The van der Waals surface area contributed by atoms with Crippen LogP contribution >= 0.6 is 0 Å². The molecule has 0 amide bonds. The van der Waals surface area contributed by atoms with Crippen LogP contribution in [-0.4, -0.2) is 19.0 Å². The van der Waals surface area contributed by atoms with E-state index in [1.54, 1.807) is 7.11 Å². The highest BCUT2D eigenvalue weighted by Crippen LogP contribution is 2.31. The van der Waals surface area contributed by atoms with E-state index in [-0.39, 0.29) is 11.9 Å². The summed E-state index contributed by atoms with van der Waals surface area (Å²) in [7, 11) is 1.62. The number of benzene rings is 2. The molecule has 2 aromatic rings. The van der Waals surface area contributed by atoms with Gasteiger partial charge in [-0.25, -0.2) is 4.99 Å². The Labute approximate surface area is 110 Å². The first-order valence-electron chi connectivity index (χ1n) is 5.61. The molecule has 2 aromatic carbocycles. The van der Waals surface area contributed by atoms with Gasteiger partial charge in [-0.1, -0.05) is 24.3 Å². The maximum Gasteiger partial charge on any atom is 0.223 e. The molecule has 0 saturated heterocycles. The van der Waals surface area contributed by atoms with E-state index in [2.05, 4.69) is 9.98 Å². The summed E-state index contributed by atoms with van der Waals surface area (Å²) in [6.07, 6.45) is 0. The number of hydrogen-bond acceptors (Lipinski definition) is 2. The van der Waals surface area contributed by atoms with Crippen LogP contribution in [0.4, 0.5) is 5.69 Å². The Morgan fingerprint density at radius 3 is 2.37 bits per heavy atom. The van der Waals surface area contributed by atoms with Crippen LogP contribution in [-0.2, 0) is 0 Å². The van der Waals surface area contributed by atoms with Crippen LogP contribution in [0.25, 0.3) is 10.8 Å².